The van der Waals surface area contributed by atoms with E-state index in [0.29, 0.717) is 30.4 Å². The second kappa shape index (κ2) is 6.84. The van der Waals surface area contributed by atoms with Gasteiger partial charge in [-0.1, -0.05) is 18.0 Å². The van der Waals surface area contributed by atoms with Crippen molar-refractivity contribution in [3.05, 3.63) is 23.4 Å². The minimum Gasteiger partial charge on any atom is -0.481 e. The lowest BCUT2D eigenvalue weighted by molar-refractivity contribution is -0.149. The molecule has 0 spiro atoms. The molecular weight excluding hydrogens is 334 g/mol. The Labute approximate surface area is 144 Å². The predicted octanol–water partition coefficient (Wildman–Crippen LogP) is 2.01. The molecule has 2 N–H and O–H groups in total. The van der Waals surface area contributed by atoms with E-state index in [9.17, 15) is 14.7 Å². The van der Waals surface area contributed by atoms with Gasteiger partial charge in [0.15, 0.2) is 0 Å². The summed E-state index contributed by atoms with van der Waals surface area (Å²) in [6, 6.07) is 3.14. The number of carboxylic acid groups (broad SMARTS) is 1. The molecular formula is C16H20ClN3O4. The normalized spacial score (nSPS) is 25.4. The number of carbonyl (C=O) groups is 2. The number of aromatic nitrogens is 1. The quantitative estimate of drug-likeness (QED) is 0.790. The Bertz CT molecular complexity index is 642. The fraction of sp³-hybridized carbons (Fsp3) is 0.562. The number of nitrogens with one attached hydrogen (secondary N) is 1. The molecule has 1 aliphatic carbocycles. The van der Waals surface area contributed by atoms with E-state index in [-0.39, 0.29) is 25.1 Å². The number of pyridine rings is 1. The van der Waals surface area contributed by atoms with Crippen LogP contribution in [0.5, 0.6) is 5.88 Å². The lowest BCUT2D eigenvalue weighted by Crippen LogP contribution is -2.42. The number of amides is 2. The van der Waals surface area contributed by atoms with E-state index in [1.165, 1.54) is 0 Å². The van der Waals surface area contributed by atoms with Gasteiger partial charge in [-0.3, -0.25) is 4.79 Å². The van der Waals surface area contributed by atoms with Crippen molar-refractivity contribution in [1.82, 2.24) is 15.2 Å². The van der Waals surface area contributed by atoms with Crippen molar-refractivity contribution in [3.63, 3.8) is 0 Å². The number of likely N-dealkylation sites (tertiary alicyclic amines) is 1. The molecule has 7 nitrogen and oxygen atoms in total. The first kappa shape index (κ1) is 16.8. The molecule has 0 unspecified atom stereocenters. The van der Waals surface area contributed by atoms with Gasteiger partial charge in [0.1, 0.15) is 11.6 Å². The minimum atomic E-state index is -0.784. The predicted molar refractivity (Wildman–Crippen MR) is 87.1 cm³/mol. The molecule has 1 aromatic heterocycles. The van der Waals surface area contributed by atoms with Crippen molar-refractivity contribution in [3.8, 4) is 5.88 Å². The van der Waals surface area contributed by atoms with Crippen LogP contribution in [0, 0.1) is 11.3 Å². The number of urea groups is 1. The molecule has 2 atom stereocenters. The molecule has 2 aliphatic rings. The zero-order valence-electron chi connectivity index (χ0n) is 13.2. The standard InChI is InChI=1S/C16H20ClN3O4/c17-12-4-2-6-18-13(12)24-8-7-19-15(23)20-9-11-3-1-5-16(11,10-20)14(21)22/h2,4,6,11H,1,3,5,7-10H2,(H,19,23)(H,21,22)/t11-,16+/m0/s1. The molecule has 130 valence electrons. The Morgan fingerprint density at radius 3 is 3.08 bits per heavy atom. The van der Waals surface area contributed by atoms with Crippen molar-refractivity contribution in [2.24, 2.45) is 11.3 Å². The molecule has 8 heteroatoms. The van der Waals surface area contributed by atoms with Crippen molar-refractivity contribution in [2.45, 2.75) is 19.3 Å². The zero-order valence-corrected chi connectivity index (χ0v) is 14.0. The number of ether oxygens (including phenoxy) is 1. The van der Waals surface area contributed by atoms with Crippen molar-refractivity contribution < 1.29 is 19.4 Å². The average Bonchev–Trinajstić information content (AvgIpc) is 3.11. The molecule has 2 amide bonds. The summed E-state index contributed by atoms with van der Waals surface area (Å²) in [5.41, 5.74) is -0.755. The summed E-state index contributed by atoms with van der Waals surface area (Å²) in [6.07, 6.45) is 4.02. The fourth-order valence-corrected chi connectivity index (χ4v) is 3.86. The number of aliphatic carboxylic acids is 1. The van der Waals surface area contributed by atoms with E-state index < -0.39 is 11.4 Å². The molecule has 1 aromatic rings. The second-order valence-electron chi connectivity index (χ2n) is 6.30. The highest BCUT2D eigenvalue weighted by molar-refractivity contribution is 6.31. The van der Waals surface area contributed by atoms with Crippen LogP contribution in [0.15, 0.2) is 18.3 Å². The van der Waals surface area contributed by atoms with Gasteiger partial charge in [-0.15, -0.1) is 0 Å². The third kappa shape index (κ3) is 3.13. The van der Waals surface area contributed by atoms with Crippen molar-refractivity contribution >= 4 is 23.6 Å². The van der Waals surface area contributed by atoms with Crippen molar-refractivity contribution in [1.29, 1.82) is 0 Å². The van der Waals surface area contributed by atoms with Crippen LogP contribution in [0.25, 0.3) is 0 Å². The highest BCUT2D eigenvalue weighted by Crippen LogP contribution is 2.48. The van der Waals surface area contributed by atoms with Crippen LogP contribution >= 0.6 is 11.6 Å². The summed E-state index contributed by atoms with van der Waals surface area (Å²) in [5.74, 6) is -0.397. The van der Waals surface area contributed by atoms with Gasteiger partial charge >= 0.3 is 12.0 Å². The van der Waals surface area contributed by atoms with Gasteiger partial charge in [-0.25, -0.2) is 9.78 Å². The Morgan fingerprint density at radius 1 is 1.54 bits per heavy atom. The zero-order chi connectivity index (χ0) is 17.2. The SMILES string of the molecule is O=C(NCCOc1ncccc1Cl)N1C[C@@H]2CCC[C@@]2(C(=O)O)C1. The smallest absolute Gasteiger partial charge is 0.317 e. The molecule has 1 saturated carbocycles. The molecule has 3 rings (SSSR count). The highest BCUT2D eigenvalue weighted by atomic mass is 35.5. The topological polar surface area (TPSA) is 91.8 Å². The molecule has 1 saturated heterocycles. The summed E-state index contributed by atoms with van der Waals surface area (Å²) in [7, 11) is 0. The molecule has 2 fully saturated rings. The second-order valence-corrected chi connectivity index (χ2v) is 6.71. The number of halogens is 1. The van der Waals surface area contributed by atoms with Crippen LogP contribution in [0.3, 0.4) is 0 Å². The number of hydrogen-bond donors (Lipinski definition) is 2. The molecule has 0 bridgehead atoms. The summed E-state index contributed by atoms with van der Waals surface area (Å²) >= 11 is 5.93. The Hall–Kier alpha value is -2.02. The number of carboxylic acids is 1. The van der Waals surface area contributed by atoms with Crippen molar-refractivity contribution in [2.75, 3.05) is 26.2 Å². The van der Waals surface area contributed by atoms with Gasteiger partial charge in [-0.2, -0.15) is 0 Å². The lowest BCUT2D eigenvalue weighted by atomic mass is 9.81. The van der Waals surface area contributed by atoms with Gasteiger partial charge in [0.2, 0.25) is 5.88 Å². The molecule has 2 heterocycles. The Kier molecular flexibility index (Phi) is 4.80. The van der Waals surface area contributed by atoms with Crippen LogP contribution in [-0.4, -0.2) is 53.2 Å². The van der Waals surface area contributed by atoms with E-state index in [4.69, 9.17) is 16.3 Å². The highest BCUT2D eigenvalue weighted by Gasteiger charge is 2.55. The maximum atomic E-state index is 12.2. The maximum absolute atomic E-state index is 12.2. The van der Waals surface area contributed by atoms with E-state index >= 15 is 0 Å². The number of rotatable bonds is 5. The van der Waals surface area contributed by atoms with E-state index in [2.05, 4.69) is 10.3 Å². The van der Waals surface area contributed by atoms with Crippen LogP contribution in [-0.2, 0) is 4.79 Å². The van der Waals surface area contributed by atoms with Gasteiger partial charge < -0.3 is 20.1 Å². The molecule has 1 aliphatic heterocycles. The molecule has 0 radical (unpaired) electrons. The van der Waals surface area contributed by atoms with Gasteiger partial charge in [-0.05, 0) is 30.9 Å². The largest absolute Gasteiger partial charge is 0.481 e. The van der Waals surface area contributed by atoms with Crippen LogP contribution in [0.2, 0.25) is 5.02 Å². The first-order valence-corrected chi connectivity index (χ1v) is 8.40. The van der Waals surface area contributed by atoms with Gasteiger partial charge in [0.05, 0.1) is 12.0 Å². The number of hydrogen-bond acceptors (Lipinski definition) is 4. The summed E-state index contributed by atoms with van der Waals surface area (Å²) in [4.78, 5) is 29.5. The molecule has 24 heavy (non-hydrogen) atoms. The summed E-state index contributed by atoms with van der Waals surface area (Å²) in [5, 5.41) is 12.7. The fourth-order valence-electron chi connectivity index (χ4n) is 3.69. The van der Waals surface area contributed by atoms with E-state index in [0.717, 1.165) is 12.8 Å². The summed E-state index contributed by atoms with van der Waals surface area (Å²) in [6.45, 7) is 1.33. The van der Waals surface area contributed by atoms with Crippen LogP contribution in [0.1, 0.15) is 19.3 Å². The summed E-state index contributed by atoms with van der Waals surface area (Å²) < 4.78 is 5.41. The number of fused-ring (bicyclic) bond motifs is 1. The minimum absolute atomic E-state index is 0.0596. The first-order valence-electron chi connectivity index (χ1n) is 8.02. The Balaban J connectivity index is 1.47. The van der Waals surface area contributed by atoms with Crippen LogP contribution in [0.4, 0.5) is 4.79 Å². The van der Waals surface area contributed by atoms with E-state index in [1.54, 1.807) is 23.2 Å². The lowest BCUT2D eigenvalue weighted by Gasteiger charge is -2.23. The molecule has 0 aromatic carbocycles. The number of carbonyl (C=O) groups excluding carboxylic acids is 1. The maximum Gasteiger partial charge on any atom is 0.317 e. The third-order valence-electron chi connectivity index (χ3n) is 4.93. The van der Waals surface area contributed by atoms with Gasteiger partial charge in [0, 0.05) is 19.3 Å². The average molecular weight is 354 g/mol. The first-order chi connectivity index (χ1) is 11.5. The van der Waals surface area contributed by atoms with Crippen LogP contribution < -0.4 is 10.1 Å². The van der Waals surface area contributed by atoms with Gasteiger partial charge in [0.25, 0.3) is 0 Å². The van der Waals surface area contributed by atoms with E-state index in [1.807, 2.05) is 0 Å². The Morgan fingerprint density at radius 2 is 2.38 bits per heavy atom. The third-order valence-corrected chi connectivity index (χ3v) is 5.21. The monoisotopic (exact) mass is 353 g/mol. The number of nitrogens with zero attached hydrogens (tertiary/aromatic N) is 2.